The van der Waals surface area contributed by atoms with Gasteiger partial charge in [0.05, 0.1) is 18.0 Å². The third-order valence-corrected chi connectivity index (χ3v) is 5.81. The Hall–Kier alpha value is -1.55. The van der Waals surface area contributed by atoms with Crippen LogP contribution in [0.5, 0.6) is 0 Å². The van der Waals surface area contributed by atoms with Gasteiger partial charge in [-0.2, -0.15) is 0 Å². The minimum absolute atomic E-state index is 0.0142. The highest BCUT2D eigenvalue weighted by Gasteiger charge is 2.30. The van der Waals surface area contributed by atoms with E-state index >= 15 is 0 Å². The fourth-order valence-corrected chi connectivity index (χ4v) is 3.95. The van der Waals surface area contributed by atoms with Crippen LogP contribution in [0.3, 0.4) is 0 Å². The fraction of sp³-hybridized carbons (Fsp3) is 0.696. The third kappa shape index (κ3) is 4.84. The molecule has 152 valence electrons. The third-order valence-electron chi connectivity index (χ3n) is 5.81. The molecule has 0 radical (unpaired) electrons. The van der Waals surface area contributed by atoms with E-state index in [0.29, 0.717) is 0 Å². The Labute approximate surface area is 165 Å². The van der Waals surface area contributed by atoms with E-state index in [-0.39, 0.29) is 12.5 Å². The molecule has 0 fully saturated rings. The number of benzene rings is 1. The van der Waals surface area contributed by atoms with Crippen LogP contribution in [-0.2, 0) is 17.8 Å². The van der Waals surface area contributed by atoms with Gasteiger partial charge in [0.25, 0.3) is 0 Å². The lowest BCUT2D eigenvalue weighted by molar-refractivity contribution is -0.123. The van der Waals surface area contributed by atoms with Gasteiger partial charge in [-0.1, -0.05) is 53.4 Å². The number of hydrogen-bond acceptors (Lipinski definition) is 3. The van der Waals surface area contributed by atoms with Gasteiger partial charge in [0.15, 0.2) is 0 Å². The first-order valence-electron chi connectivity index (χ1n) is 10.5. The van der Waals surface area contributed by atoms with Crippen LogP contribution >= 0.6 is 0 Å². The molecule has 0 atom stereocenters. The molecule has 2 rings (SSSR count). The normalized spacial score (nSPS) is 13.8. The molecule has 4 nitrogen and oxygen atoms in total. The Bertz CT molecular complexity index is 674. The molecular formula is C23H38N2O2. The van der Waals surface area contributed by atoms with Crippen LogP contribution in [0.2, 0.25) is 0 Å². The lowest BCUT2D eigenvalue weighted by Crippen LogP contribution is -2.30. The van der Waals surface area contributed by atoms with Gasteiger partial charge in [-0.15, -0.1) is 0 Å². The Morgan fingerprint density at radius 1 is 1.11 bits per heavy atom. The number of aliphatic hydroxyl groups excluding tert-OH is 1. The summed E-state index contributed by atoms with van der Waals surface area (Å²) in [5.74, 6) is 0.0235. The number of hydrogen-bond donors (Lipinski definition) is 2. The van der Waals surface area contributed by atoms with Gasteiger partial charge < -0.3 is 15.3 Å². The van der Waals surface area contributed by atoms with Crippen LogP contribution < -0.4 is 10.2 Å². The molecule has 27 heavy (non-hydrogen) atoms. The summed E-state index contributed by atoms with van der Waals surface area (Å²) >= 11 is 0. The van der Waals surface area contributed by atoms with Gasteiger partial charge in [0, 0.05) is 18.5 Å². The number of aliphatic hydroxyl groups is 1. The molecule has 1 aromatic carbocycles. The largest absolute Gasteiger partial charge is 0.392 e. The zero-order chi connectivity index (χ0) is 20.2. The number of carbonyl (C=O) groups excluding carboxylic acids is 1. The summed E-state index contributed by atoms with van der Waals surface area (Å²) in [6.45, 7) is 14.2. The maximum Gasteiger partial charge on any atom is 0.229 e. The molecule has 0 saturated heterocycles. The summed E-state index contributed by atoms with van der Waals surface area (Å²) in [6.07, 6.45) is 7.30. The highest BCUT2D eigenvalue weighted by Crippen LogP contribution is 2.43. The zero-order valence-electron chi connectivity index (χ0n) is 18.2. The second-order valence-electron chi connectivity index (χ2n) is 8.94. The smallest absolute Gasteiger partial charge is 0.229 e. The summed E-state index contributed by atoms with van der Waals surface area (Å²) in [4.78, 5) is 15.2. The molecule has 0 aromatic heterocycles. The Kier molecular flexibility index (Phi) is 7.32. The van der Waals surface area contributed by atoms with E-state index in [1.54, 1.807) is 0 Å². The van der Waals surface area contributed by atoms with Crippen molar-refractivity contribution in [2.24, 2.45) is 5.41 Å². The van der Waals surface area contributed by atoms with Crippen LogP contribution in [-0.4, -0.2) is 24.1 Å². The van der Waals surface area contributed by atoms with E-state index in [1.165, 1.54) is 48.9 Å². The highest BCUT2D eigenvalue weighted by molar-refractivity contribution is 6.00. The lowest BCUT2D eigenvalue weighted by atomic mass is 9.92. The van der Waals surface area contributed by atoms with Crippen molar-refractivity contribution in [1.82, 2.24) is 0 Å². The van der Waals surface area contributed by atoms with Crippen LogP contribution in [0.25, 0.3) is 0 Å². The Morgan fingerprint density at radius 2 is 1.78 bits per heavy atom. The van der Waals surface area contributed by atoms with Gasteiger partial charge in [0.1, 0.15) is 0 Å². The Morgan fingerprint density at radius 3 is 2.37 bits per heavy atom. The second kappa shape index (κ2) is 9.09. The molecule has 0 spiro atoms. The molecule has 0 unspecified atom stereocenters. The molecule has 1 aromatic rings. The maximum atomic E-state index is 12.7. The van der Waals surface area contributed by atoms with Gasteiger partial charge in [0.2, 0.25) is 5.91 Å². The highest BCUT2D eigenvalue weighted by atomic mass is 16.3. The minimum Gasteiger partial charge on any atom is -0.392 e. The van der Waals surface area contributed by atoms with Crippen molar-refractivity contribution in [1.29, 1.82) is 0 Å². The first-order chi connectivity index (χ1) is 12.7. The van der Waals surface area contributed by atoms with Crippen molar-refractivity contribution in [2.45, 2.75) is 86.7 Å². The predicted molar refractivity (Wildman–Crippen MR) is 115 cm³/mol. The van der Waals surface area contributed by atoms with Crippen molar-refractivity contribution in [3.05, 3.63) is 22.3 Å². The topological polar surface area (TPSA) is 52.6 Å². The number of nitrogens with zero attached hydrogens (tertiary/aromatic N) is 1. The summed E-state index contributed by atoms with van der Waals surface area (Å²) in [6, 6.07) is 0. The number of anilines is 2. The van der Waals surface area contributed by atoms with Crippen molar-refractivity contribution in [3.8, 4) is 0 Å². The fourth-order valence-electron chi connectivity index (χ4n) is 3.95. The van der Waals surface area contributed by atoms with Crippen LogP contribution in [0.15, 0.2) is 0 Å². The van der Waals surface area contributed by atoms with Crippen molar-refractivity contribution in [3.63, 3.8) is 0 Å². The van der Waals surface area contributed by atoms with Gasteiger partial charge in [-0.25, -0.2) is 0 Å². The molecule has 1 amide bonds. The van der Waals surface area contributed by atoms with E-state index in [2.05, 4.69) is 24.1 Å². The SMILES string of the molecule is CCCCCCCN1CCc2c(C)c(CO)c(C)c(NC(=O)C(C)(C)C)c21. The molecule has 1 aliphatic heterocycles. The summed E-state index contributed by atoms with van der Waals surface area (Å²) in [7, 11) is 0. The zero-order valence-corrected chi connectivity index (χ0v) is 18.2. The molecule has 1 heterocycles. The summed E-state index contributed by atoms with van der Waals surface area (Å²) in [5.41, 5.74) is 6.09. The molecule has 2 N–H and O–H groups in total. The predicted octanol–water partition coefficient (Wildman–Crippen LogP) is 5.11. The lowest BCUT2D eigenvalue weighted by Gasteiger charge is -2.28. The molecule has 1 aliphatic rings. The van der Waals surface area contributed by atoms with Crippen molar-refractivity contribution in [2.75, 3.05) is 23.3 Å². The summed E-state index contributed by atoms with van der Waals surface area (Å²) in [5, 5.41) is 13.1. The van der Waals surface area contributed by atoms with Gasteiger partial charge in [-0.3, -0.25) is 4.79 Å². The van der Waals surface area contributed by atoms with Crippen molar-refractivity contribution >= 4 is 17.3 Å². The molecule has 4 heteroatoms. The summed E-state index contributed by atoms with van der Waals surface area (Å²) < 4.78 is 0. The monoisotopic (exact) mass is 374 g/mol. The molecule has 0 saturated carbocycles. The second-order valence-corrected chi connectivity index (χ2v) is 8.94. The van der Waals surface area contributed by atoms with Crippen molar-refractivity contribution < 1.29 is 9.90 Å². The minimum atomic E-state index is -0.451. The van der Waals surface area contributed by atoms with E-state index < -0.39 is 5.41 Å². The van der Waals surface area contributed by atoms with Crippen LogP contribution in [0.4, 0.5) is 11.4 Å². The number of unbranched alkanes of at least 4 members (excludes halogenated alkanes) is 4. The van der Waals surface area contributed by atoms with Gasteiger partial charge >= 0.3 is 0 Å². The number of rotatable bonds is 8. The van der Waals surface area contributed by atoms with E-state index in [1.807, 2.05) is 27.7 Å². The molecule has 0 bridgehead atoms. The van der Waals surface area contributed by atoms with E-state index in [0.717, 1.165) is 36.3 Å². The van der Waals surface area contributed by atoms with E-state index in [9.17, 15) is 9.90 Å². The van der Waals surface area contributed by atoms with E-state index in [4.69, 9.17) is 0 Å². The number of nitrogens with one attached hydrogen (secondary N) is 1. The first kappa shape index (κ1) is 21.7. The average molecular weight is 375 g/mol. The number of fused-ring (bicyclic) bond motifs is 1. The van der Waals surface area contributed by atoms with Crippen LogP contribution in [0, 0.1) is 19.3 Å². The quantitative estimate of drug-likeness (QED) is 0.622. The van der Waals surface area contributed by atoms with Crippen LogP contribution in [0.1, 0.15) is 82.1 Å². The first-order valence-corrected chi connectivity index (χ1v) is 10.5. The maximum absolute atomic E-state index is 12.7. The number of carbonyl (C=O) groups is 1. The molecular weight excluding hydrogens is 336 g/mol. The standard InChI is InChI=1S/C23H38N2O2/c1-7-8-9-10-11-13-25-14-12-18-16(2)19(15-26)17(3)20(21(18)25)24-22(27)23(4,5)6/h26H,7-15H2,1-6H3,(H,24,27). The Balaban J connectivity index is 2.34. The molecule has 0 aliphatic carbocycles. The average Bonchev–Trinajstić information content (AvgIpc) is 3.02. The van der Waals surface area contributed by atoms with Gasteiger partial charge in [-0.05, 0) is 48.9 Å². The number of amides is 1.